The molecule has 0 aliphatic carbocycles. The van der Waals surface area contributed by atoms with Gasteiger partial charge in [-0.1, -0.05) is 0 Å². The van der Waals surface area contributed by atoms with Gasteiger partial charge in [-0.15, -0.1) is 0 Å². The van der Waals surface area contributed by atoms with Crippen LogP contribution in [0.3, 0.4) is 0 Å². The quantitative estimate of drug-likeness (QED) is 0.572. The SMILES string of the molecule is N#CCC1CN(C(=O)O)CCN1. The highest BCUT2D eigenvalue weighted by Crippen LogP contribution is 2.01. The van der Waals surface area contributed by atoms with E-state index in [-0.39, 0.29) is 6.04 Å². The van der Waals surface area contributed by atoms with Crippen LogP contribution in [-0.4, -0.2) is 41.8 Å². The zero-order chi connectivity index (χ0) is 8.97. The van der Waals surface area contributed by atoms with E-state index in [9.17, 15) is 4.79 Å². The summed E-state index contributed by atoms with van der Waals surface area (Å²) in [4.78, 5) is 11.9. The number of nitrogens with one attached hydrogen (secondary N) is 1. The third kappa shape index (κ3) is 2.10. The first-order valence-electron chi connectivity index (χ1n) is 3.82. The predicted molar refractivity (Wildman–Crippen MR) is 41.6 cm³/mol. The number of hydrogen-bond donors (Lipinski definition) is 2. The zero-order valence-electron chi connectivity index (χ0n) is 6.66. The number of carboxylic acid groups (broad SMARTS) is 1. The van der Waals surface area contributed by atoms with E-state index in [0.29, 0.717) is 26.1 Å². The minimum Gasteiger partial charge on any atom is -0.465 e. The fourth-order valence-corrected chi connectivity index (χ4v) is 1.25. The van der Waals surface area contributed by atoms with Gasteiger partial charge in [-0.3, -0.25) is 0 Å². The Bertz CT molecular complexity index is 211. The highest BCUT2D eigenvalue weighted by Gasteiger charge is 2.21. The second-order valence-electron chi connectivity index (χ2n) is 2.74. The molecule has 1 saturated heterocycles. The van der Waals surface area contributed by atoms with Crippen molar-refractivity contribution >= 4 is 6.09 Å². The van der Waals surface area contributed by atoms with E-state index in [1.54, 1.807) is 0 Å². The molecule has 5 heteroatoms. The van der Waals surface area contributed by atoms with Gasteiger partial charge in [0.05, 0.1) is 12.5 Å². The number of nitrogens with zero attached hydrogens (tertiary/aromatic N) is 2. The molecule has 0 spiro atoms. The van der Waals surface area contributed by atoms with E-state index >= 15 is 0 Å². The van der Waals surface area contributed by atoms with Crippen molar-refractivity contribution in [1.82, 2.24) is 10.2 Å². The Kier molecular flexibility index (Phi) is 2.88. The summed E-state index contributed by atoms with van der Waals surface area (Å²) in [6.07, 6.45) is -0.538. The average molecular weight is 169 g/mol. The highest BCUT2D eigenvalue weighted by atomic mass is 16.4. The van der Waals surface area contributed by atoms with E-state index in [1.165, 1.54) is 4.90 Å². The lowest BCUT2D eigenvalue weighted by Crippen LogP contribution is -2.52. The molecule has 0 aromatic rings. The minimum atomic E-state index is -0.903. The van der Waals surface area contributed by atoms with Crippen LogP contribution in [0.25, 0.3) is 0 Å². The highest BCUT2D eigenvalue weighted by molar-refractivity contribution is 5.65. The Morgan fingerprint density at radius 2 is 2.58 bits per heavy atom. The molecule has 0 saturated carbocycles. The number of rotatable bonds is 1. The monoisotopic (exact) mass is 169 g/mol. The number of hydrogen-bond acceptors (Lipinski definition) is 3. The molecule has 0 radical (unpaired) electrons. The van der Waals surface area contributed by atoms with Crippen LogP contribution in [0.2, 0.25) is 0 Å². The number of carbonyl (C=O) groups is 1. The summed E-state index contributed by atoms with van der Waals surface area (Å²) in [5.41, 5.74) is 0. The molecule has 1 aliphatic rings. The van der Waals surface area contributed by atoms with Gasteiger partial charge in [-0.05, 0) is 0 Å². The van der Waals surface area contributed by atoms with Gasteiger partial charge >= 0.3 is 6.09 Å². The lowest BCUT2D eigenvalue weighted by atomic mass is 10.1. The van der Waals surface area contributed by atoms with Crippen molar-refractivity contribution < 1.29 is 9.90 Å². The Balaban J connectivity index is 2.41. The van der Waals surface area contributed by atoms with E-state index in [1.807, 2.05) is 6.07 Å². The molecule has 1 heterocycles. The van der Waals surface area contributed by atoms with Crippen molar-refractivity contribution in [2.75, 3.05) is 19.6 Å². The van der Waals surface area contributed by atoms with E-state index in [2.05, 4.69) is 5.32 Å². The van der Waals surface area contributed by atoms with Crippen LogP contribution in [0, 0.1) is 11.3 Å². The molecule has 1 atom stereocenters. The van der Waals surface area contributed by atoms with Crippen LogP contribution in [0.1, 0.15) is 6.42 Å². The van der Waals surface area contributed by atoms with Crippen molar-refractivity contribution in [1.29, 1.82) is 5.26 Å². The lowest BCUT2D eigenvalue weighted by molar-refractivity contribution is 0.129. The smallest absolute Gasteiger partial charge is 0.407 e. The van der Waals surface area contributed by atoms with Crippen LogP contribution in [0.4, 0.5) is 4.79 Å². The Labute approximate surface area is 70.6 Å². The second kappa shape index (κ2) is 3.93. The predicted octanol–water partition coefficient (Wildman–Crippen LogP) is -0.148. The summed E-state index contributed by atoms with van der Waals surface area (Å²) in [5, 5.41) is 20.1. The maximum Gasteiger partial charge on any atom is 0.407 e. The van der Waals surface area contributed by atoms with Crippen molar-refractivity contribution in [2.45, 2.75) is 12.5 Å². The van der Waals surface area contributed by atoms with Gasteiger partial charge in [0.25, 0.3) is 0 Å². The number of nitriles is 1. The number of piperazine rings is 1. The molecular formula is C7H11N3O2. The van der Waals surface area contributed by atoms with Gasteiger partial charge < -0.3 is 15.3 Å². The average Bonchev–Trinajstić information content (AvgIpc) is 2.05. The molecular weight excluding hydrogens is 158 g/mol. The first-order valence-corrected chi connectivity index (χ1v) is 3.82. The van der Waals surface area contributed by atoms with Crippen LogP contribution in [0.5, 0.6) is 0 Å². The van der Waals surface area contributed by atoms with Gasteiger partial charge in [0.2, 0.25) is 0 Å². The molecule has 0 aromatic heterocycles. The lowest BCUT2D eigenvalue weighted by Gasteiger charge is -2.30. The summed E-state index contributed by atoms with van der Waals surface area (Å²) in [7, 11) is 0. The summed E-state index contributed by atoms with van der Waals surface area (Å²) in [5.74, 6) is 0. The molecule has 0 bridgehead atoms. The Hall–Kier alpha value is -1.28. The fourth-order valence-electron chi connectivity index (χ4n) is 1.25. The van der Waals surface area contributed by atoms with Crippen LogP contribution in [-0.2, 0) is 0 Å². The molecule has 5 nitrogen and oxygen atoms in total. The van der Waals surface area contributed by atoms with Gasteiger partial charge in [0, 0.05) is 25.7 Å². The van der Waals surface area contributed by atoms with Crippen molar-refractivity contribution in [3.8, 4) is 6.07 Å². The van der Waals surface area contributed by atoms with Gasteiger partial charge in [-0.25, -0.2) is 4.79 Å². The zero-order valence-corrected chi connectivity index (χ0v) is 6.66. The number of amides is 1. The third-order valence-electron chi connectivity index (χ3n) is 1.86. The molecule has 1 fully saturated rings. The van der Waals surface area contributed by atoms with Crippen LogP contribution < -0.4 is 5.32 Å². The fraction of sp³-hybridized carbons (Fsp3) is 0.714. The first kappa shape index (κ1) is 8.81. The van der Waals surface area contributed by atoms with E-state index in [0.717, 1.165) is 0 Å². The van der Waals surface area contributed by atoms with Gasteiger partial charge in [-0.2, -0.15) is 5.26 Å². The summed E-state index contributed by atoms with van der Waals surface area (Å²) >= 11 is 0. The molecule has 2 N–H and O–H groups in total. The molecule has 1 amide bonds. The third-order valence-corrected chi connectivity index (χ3v) is 1.86. The molecule has 1 aliphatic heterocycles. The maximum atomic E-state index is 10.5. The maximum absolute atomic E-state index is 10.5. The summed E-state index contributed by atoms with van der Waals surface area (Å²) in [6.45, 7) is 1.57. The molecule has 66 valence electrons. The topological polar surface area (TPSA) is 76.4 Å². The molecule has 0 aromatic carbocycles. The second-order valence-corrected chi connectivity index (χ2v) is 2.74. The van der Waals surface area contributed by atoms with Gasteiger partial charge in [0.15, 0.2) is 0 Å². The van der Waals surface area contributed by atoms with Crippen molar-refractivity contribution in [2.24, 2.45) is 0 Å². The van der Waals surface area contributed by atoms with E-state index < -0.39 is 6.09 Å². The Morgan fingerprint density at radius 1 is 1.83 bits per heavy atom. The summed E-state index contributed by atoms with van der Waals surface area (Å²) in [6, 6.07) is 2.01. The van der Waals surface area contributed by atoms with Crippen LogP contribution in [0.15, 0.2) is 0 Å². The summed E-state index contributed by atoms with van der Waals surface area (Å²) < 4.78 is 0. The standard InChI is InChI=1S/C7H11N3O2/c8-2-1-6-5-10(7(11)12)4-3-9-6/h6,9H,1,3-5H2,(H,11,12). The molecule has 1 unspecified atom stereocenters. The Morgan fingerprint density at radius 3 is 3.17 bits per heavy atom. The van der Waals surface area contributed by atoms with Gasteiger partial charge in [0.1, 0.15) is 0 Å². The van der Waals surface area contributed by atoms with Crippen molar-refractivity contribution in [3.63, 3.8) is 0 Å². The van der Waals surface area contributed by atoms with Crippen LogP contribution >= 0.6 is 0 Å². The molecule has 1 rings (SSSR count). The van der Waals surface area contributed by atoms with E-state index in [4.69, 9.17) is 10.4 Å². The largest absolute Gasteiger partial charge is 0.465 e. The first-order chi connectivity index (χ1) is 5.74. The minimum absolute atomic E-state index is 0.000139. The van der Waals surface area contributed by atoms with Crippen molar-refractivity contribution in [3.05, 3.63) is 0 Å². The molecule has 12 heavy (non-hydrogen) atoms. The normalized spacial score (nSPS) is 23.2.